The molecule has 9 heteroatoms. The number of carbonyl (C=O) groups excluding carboxylic acids is 2. The van der Waals surface area contributed by atoms with Crippen molar-refractivity contribution in [3.05, 3.63) is 74.6 Å². The van der Waals surface area contributed by atoms with Gasteiger partial charge in [0.25, 0.3) is 5.91 Å². The van der Waals surface area contributed by atoms with Crippen molar-refractivity contribution in [1.82, 2.24) is 10.3 Å². The van der Waals surface area contributed by atoms with Gasteiger partial charge in [0.05, 0.1) is 22.0 Å². The first-order valence-corrected chi connectivity index (χ1v) is 11.8. The summed E-state index contributed by atoms with van der Waals surface area (Å²) in [6.45, 7) is 5.45. The Kier molecular flexibility index (Phi) is 6.45. The highest BCUT2D eigenvalue weighted by molar-refractivity contribution is 8.18. The molecular formula is C23H19ClN4O2S2. The predicted molar refractivity (Wildman–Crippen MR) is 133 cm³/mol. The molecule has 1 aliphatic rings. The first kappa shape index (κ1) is 22.3. The average molecular weight is 483 g/mol. The lowest BCUT2D eigenvalue weighted by atomic mass is 10.1. The van der Waals surface area contributed by atoms with E-state index in [0.717, 1.165) is 16.8 Å². The Balaban J connectivity index is 1.59. The summed E-state index contributed by atoms with van der Waals surface area (Å²) in [7, 11) is 0. The van der Waals surface area contributed by atoms with E-state index in [2.05, 4.69) is 15.3 Å². The highest BCUT2D eigenvalue weighted by Crippen LogP contribution is 2.33. The summed E-state index contributed by atoms with van der Waals surface area (Å²) < 4.78 is 0. The topological polar surface area (TPSA) is 74.7 Å². The smallest absolute Gasteiger partial charge is 0.264 e. The van der Waals surface area contributed by atoms with Crippen LogP contribution in [0.2, 0.25) is 5.02 Å². The average Bonchev–Trinajstić information content (AvgIpc) is 3.31. The number of nitrogens with one attached hydrogen (secondary N) is 1. The fourth-order valence-corrected chi connectivity index (χ4v) is 4.90. The molecule has 32 heavy (non-hydrogen) atoms. The van der Waals surface area contributed by atoms with Gasteiger partial charge in [0.1, 0.15) is 0 Å². The Labute approximate surface area is 199 Å². The molecule has 2 amide bonds. The van der Waals surface area contributed by atoms with Crippen molar-refractivity contribution >= 4 is 74.3 Å². The Morgan fingerprint density at radius 2 is 2.03 bits per heavy atom. The van der Waals surface area contributed by atoms with Crippen molar-refractivity contribution in [2.75, 3.05) is 4.90 Å². The maximum absolute atomic E-state index is 12.5. The summed E-state index contributed by atoms with van der Waals surface area (Å²) in [5.74, 6) is -0.413. The molecule has 0 bridgehead atoms. The molecule has 3 aromatic rings. The molecular weight excluding hydrogens is 464 g/mol. The Bertz CT molecular complexity index is 1280. The third-order valence-corrected chi connectivity index (χ3v) is 6.59. The van der Waals surface area contributed by atoms with Crippen molar-refractivity contribution in [3.63, 3.8) is 0 Å². The molecule has 0 saturated carbocycles. The number of benzene rings is 2. The molecule has 0 aliphatic carbocycles. The van der Waals surface area contributed by atoms with E-state index in [1.807, 2.05) is 32.0 Å². The molecule has 0 radical (unpaired) electrons. The van der Waals surface area contributed by atoms with Crippen LogP contribution in [0.1, 0.15) is 23.7 Å². The van der Waals surface area contributed by atoms with Gasteiger partial charge in [0.2, 0.25) is 5.91 Å². The lowest BCUT2D eigenvalue weighted by Crippen LogP contribution is -2.22. The Hall–Kier alpha value is -2.94. The number of aromatic nitrogens is 1. The number of aryl methyl sites for hydroxylation is 2. The van der Waals surface area contributed by atoms with Crippen LogP contribution in [0.3, 0.4) is 0 Å². The van der Waals surface area contributed by atoms with Gasteiger partial charge in [-0.2, -0.15) is 0 Å². The van der Waals surface area contributed by atoms with E-state index in [1.54, 1.807) is 35.7 Å². The van der Waals surface area contributed by atoms with Gasteiger partial charge in [-0.3, -0.25) is 14.5 Å². The molecule has 4 rings (SSSR count). The molecule has 2 heterocycles. The number of thiazole rings is 1. The monoisotopic (exact) mass is 482 g/mol. The van der Waals surface area contributed by atoms with Crippen LogP contribution in [-0.2, 0) is 9.59 Å². The van der Waals surface area contributed by atoms with Gasteiger partial charge in [-0.15, -0.1) is 11.3 Å². The van der Waals surface area contributed by atoms with Gasteiger partial charge < -0.3 is 5.32 Å². The minimum absolute atomic E-state index is 0.184. The normalized spacial score (nSPS) is 15.9. The molecule has 162 valence electrons. The predicted octanol–water partition coefficient (Wildman–Crippen LogP) is 5.99. The van der Waals surface area contributed by atoms with Crippen LogP contribution in [0, 0.1) is 13.8 Å². The van der Waals surface area contributed by atoms with Crippen molar-refractivity contribution < 1.29 is 9.59 Å². The van der Waals surface area contributed by atoms with E-state index < -0.39 is 0 Å². The molecule has 1 aromatic heterocycles. The van der Waals surface area contributed by atoms with Gasteiger partial charge in [-0.25, -0.2) is 9.98 Å². The quantitative estimate of drug-likeness (QED) is 0.463. The summed E-state index contributed by atoms with van der Waals surface area (Å²) in [6.07, 6.45) is 1.70. The first-order chi connectivity index (χ1) is 15.3. The summed E-state index contributed by atoms with van der Waals surface area (Å²) in [4.78, 5) is 35.8. The van der Waals surface area contributed by atoms with Gasteiger partial charge in [-0.1, -0.05) is 29.8 Å². The number of rotatable bonds is 4. The van der Waals surface area contributed by atoms with Crippen LogP contribution in [0.5, 0.6) is 0 Å². The molecule has 1 saturated heterocycles. The number of carbonyl (C=O) groups is 2. The Morgan fingerprint density at radius 1 is 1.22 bits per heavy atom. The number of aliphatic imine (C=N–C) groups is 1. The van der Waals surface area contributed by atoms with Crippen LogP contribution < -0.4 is 10.2 Å². The number of thioether (sulfide) groups is 1. The molecule has 0 atom stereocenters. The van der Waals surface area contributed by atoms with E-state index in [1.165, 1.54) is 34.9 Å². The van der Waals surface area contributed by atoms with Crippen LogP contribution in [0.4, 0.5) is 16.5 Å². The van der Waals surface area contributed by atoms with Gasteiger partial charge in [0.15, 0.2) is 10.3 Å². The van der Waals surface area contributed by atoms with Crippen LogP contribution in [0.25, 0.3) is 6.08 Å². The zero-order valence-corrected chi connectivity index (χ0v) is 19.9. The number of anilines is 2. The van der Waals surface area contributed by atoms with E-state index in [0.29, 0.717) is 31.6 Å². The molecule has 1 aliphatic heterocycles. The van der Waals surface area contributed by atoms with Crippen LogP contribution in [0.15, 0.2) is 57.7 Å². The fourth-order valence-electron chi connectivity index (χ4n) is 3.05. The molecule has 1 N–H and O–H groups in total. The summed E-state index contributed by atoms with van der Waals surface area (Å²) in [5.41, 5.74) is 4.18. The standard InChI is InChI=1S/C23H19ClN4O2S2/c1-13-7-8-14(2)19(9-13)26-22-27-21(30)20(32-22)11-17-12-31-23(25-17)28(15(3)29)18-6-4-5-16(24)10-18/h4-12H,1-3H3,(H,26,27,30)/b20-11+. The van der Waals surface area contributed by atoms with Crippen LogP contribution in [-0.4, -0.2) is 22.0 Å². The molecule has 1 fully saturated rings. The molecule has 0 unspecified atom stereocenters. The molecule has 6 nitrogen and oxygen atoms in total. The van der Waals surface area contributed by atoms with E-state index >= 15 is 0 Å². The number of amides is 2. The highest BCUT2D eigenvalue weighted by atomic mass is 35.5. The number of amidine groups is 1. The van der Waals surface area contributed by atoms with Gasteiger partial charge in [0, 0.05) is 17.3 Å². The van der Waals surface area contributed by atoms with E-state index in [-0.39, 0.29) is 11.8 Å². The third kappa shape index (κ3) is 4.93. The van der Waals surface area contributed by atoms with E-state index in [4.69, 9.17) is 11.6 Å². The van der Waals surface area contributed by atoms with E-state index in [9.17, 15) is 9.59 Å². The fraction of sp³-hybridized carbons (Fsp3) is 0.130. The summed E-state index contributed by atoms with van der Waals surface area (Å²) >= 11 is 8.66. The number of hydrogen-bond donors (Lipinski definition) is 1. The zero-order chi connectivity index (χ0) is 22.8. The first-order valence-electron chi connectivity index (χ1n) is 9.69. The van der Waals surface area contributed by atoms with Gasteiger partial charge >= 0.3 is 0 Å². The largest absolute Gasteiger partial charge is 0.300 e. The lowest BCUT2D eigenvalue weighted by molar-refractivity contribution is -0.116. The summed E-state index contributed by atoms with van der Waals surface area (Å²) in [5, 5.41) is 6.16. The zero-order valence-electron chi connectivity index (χ0n) is 17.5. The number of hydrogen-bond acceptors (Lipinski definition) is 6. The number of nitrogens with zero attached hydrogens (tertiary/aromatic N) is 3. The minimum atomic E-state index is -0.230. The minimum Gasteiger partial charge on any atom is -0.300 e. The van der Waals surface area contributed by atoms with Crippen molar-refractivity contribution in [2.45, 2.75) is 20.8 Å². The lowest BCUT2D eigenvalue weighted by Gasteiger charge is -2.18. The maximum Gasteiger partial charge on any atom is 0.264 e. The molecule has 0 spiro atoms. The van der Waals surface area contributed by atoms with Crippen molar-refractivity contribution in [2.24, 2.45) is 4.99 Å². The Morgan fingerprint density at radius 3 is 2.78 bits per heavy atom. The highest BCUT2D eigenvalue weighted by Gasteiger charge is 2.25. The van der Waals surface area contributed by atoms with Crippen molar-refractivity contribution in [3.8, 4) is 0 Å². The number of halogens is 1. The summed E-state index contributed by atoms with van der Waals surface area (Å²) in [6, 6.07) is 13.0. The second kappa shape index (κ2) is 9.28. The van der Waals surface area contributed by atoms with Crippen molar-refractivity contribution in [1.29, 1.82) is 0 Å². The third-order valence-electron chi connectivity index (χ3n) is 4.60. The van der Waals surface area contributed by atoms with Gasteiger partial charge in [-0.05, 0) is 67.1 Å². The van der Waals surface area contributed by atoms with Crippen LogP contribution >= 0.6 is 34.7 Å². The second-order valence-corrected chi connectivity index (χ2v) is 9.46. The SMILES string of the molecule is CC(=O)N(c1cccc(Cl)c1)c1nc(/C=C2/SC(=Nc3cc(C)ccc3C)NC2=O)cs1. The second-order valence-electron chi connectivity index (χ2n) is 7.16. The maximum atomic E-state index is 12.5. The molecule has 2 aromatic carbocycles.